The zero-order chi connectivity index (χ0) is 13.3. The SMILES string of the molecule is CCC[C@@H]1CC(=O)c2cc(C(F)(F)F)ccc2N1. The van der Waals surface area contributed by atoms with Crippen LogP contribution in [0.5, 0.6) is 0 Å². The number of hydrogen-bond acceptors (Lipinski definition) is 2. The third kappa shape index (κ3) is 2.49. The maximum atomic E-state index is 12.6. The van der Waals surface area contributed by atoms with Crippen LogP contribution in [0.2, 0.25) is 0 Å². The zero-order valence-electron chi connectivity index (χ0n) is 9.97. The second kappa shape index (κ2) is 4.63. The summed E-state index contributed by atoms with van der Waals surface area (Å²) in [6.45, 7) is 2.01. The van der Waals surface area contributed by atoms with Crippen LogP contribution < -0.4 is 5.32 Å². The number of nitrogens with one attached hydrogen (secondary N) is 1. The smallest absolute Gasteiger partial charge is 0.381 e. The van der Waals surface area contributed by atoms with Gasteiger partial charge < -0.3 is 5.32 Å². The molecule has 0 bridgehead atoms. The normalized spacial score (nSPS) is 19.3. The number of ketones is 1. The van der Waals surface area contributed by atoms with Crippen molar-refractivity contribution in [1.29, 1.82) is 0 Å². The van der Waals surface area contributed by atoms with Gasteiger partial charge in [0.15, 0.2) is 5.78 Å². The molecule has 0 amide bonds. The number of alkyl halides is 3. The van der Waals surface area contributed by atoms with Crippen molar-refractivity contribution in [2.75, 3.05) is 5.32 Å². The van der Waals surface area contributed by atoms with Gasteiger partial charge in [-0.05, 0) is 24.6 Å². The number of rotatable bonds is 2. The first-order valence-electron chi connectivity index (χ1n) is 5.92. The van der Waals surface area contributed by atoms with Crippen LogP contribution in [-0.4, -0.2) is 11.8 Å². The van der Waals surface area contributed by atoms with Crippen LogP contribution in [0.3, 0.4) is 0 Å². The molecule has 2 rings (SSSR count). The molecule has 0 aromatic heterocycles. The van der Waals surface area contributed by atoms with Gasteiger partial charge in [0.05, 0.1) is 5.56 Å². The predicted octanol–water partition coefficient (Wildman–Crippen LogP) is 3.87. The lowest BCUT2D eigenvalue weighted by Crippen LogP contribution is -2.29. The number of carbonyl (C=O) groups excluding carboxylic acids is 1. The van der Waals surface area contributed by atoms with E-state index in [0.29, 0.717) is 5.69 Å². The van der Waals surface area contributed by atoms with E-state index in [1.54, 1.807) is 0 Å². The average molecular weight is 257 g/mol. The first-order chi connectivity index (χ1) is 8.41. The molecule has 1 heterocycles. The number of halogens is 3. The summed E-state index contributed by atoms with van der Waals surface area (Å²) in [5, 5.41) is 3.12. The van der Waals surface area contributed by atoms with Crippen molar-refractivity contribution in [2.24, 2.45) is 0 Å². The summed E-state index contributed by atoms with van der Waals surface area (Å²) in [7, 11) is 0. The Morgan fingerprint density at radius 2 is 2.11 bits per heavy atom. The van der Waals surface area contributed by atoms with Crippen LogP contribution in [0.4, 0.5) is 18.9 Å². The van der Waals surface area contributed by atoms with Gasteiger partial charge in [-0.15, -0.1) is 0 Å². The lowest BCUT2D eigenvalue weighted by atomic mass is 9.93. The van der Waals surface area contributed by atoms with Gasteiger partial charge in [0.1, 0.15) is 0 Å². The van der Waals surface area contributed by atoms with Crippen LogP contribution in [0.1, 0.15) is 42.1 Å². The molecular formula is C13H14F3NO. The Hall–Kier alpha value is -1.52. The van der Waals surface area contributed by atoms with Gasteiger partial charge in [0.25, 0.3) is 0 Å². The number of Topliss-reactive ketones (excluding diaryl/α,β-unsaturated/α-hetero) is 1. The summed E-state index contributed by atoms with van der Waals surface area (Å²) in [5.74, 6) is -0.215. The molecule has 2 nitrogen and oxygen atoms in total. The number of carbonyl (C=O) groups is 1. The van der Waals surface area contributed by atoms with Crippen molar-refractivity contribution >= 4 is 11.5 Å². The highest BCUT2D eigenvalue weighted by molar-refractivity contribution is 6.03. The van der Waals surface area contributed by atoms with Gasteiger partial charge in [-0.1, -0.05) is 13.3 Å². The Bertz CT molecular complexity index is 468. The molecule has 0 fully saturated rings. The molecule has 5 heteroatoms. The van der Waals surface area contributed by atoms with E-state index in [1.807, 2.05) is 6.92 Å². The number of fused-ring (bicyclic) bond motifs is 1. The Labute approximate surface area is 103 Å². The molecule has 0 aliphatic carbocycles. The third-order valence-electron chi connectivity index (χ3n) is 3.08. The second-order valence-electron chi connectivity index (χ2n) is 4.52. The van der Waals surface area contributed by atoms with E-state index >= 15 is 0 Å². The van der Waals surface area contributed by atoms with E-state index in [2.05, 4.69) is 5.32 Å². The highest BCUT2D eigenvalue weighted by Gasteiger charge is 2.33. The summed E-state index contributed by atoms with van der Waals surface area (Å²) in [4.78, 5) is 11.8. The molecule has 1 aliphatic rings. The summed E-state index contributed by atoms with van der Waals surface area (Å²) in [6, 6.07) is 3.32. The largest absolute Gasteiger partial charge is 0.416 e. The maximum Gasteiger partial charge on any atom is 0.416 e. The number of benzene rings is 1. The fraction of sp³-hybridized carbons (Fsp3) is 0.462. The fourth-order valence-electron chi connectivity index (χ4n) is 2.20. The van der Waals surface area contributed by atoms with Crippen molar-refractivity contribution in [3.63, 3.8) is 0 Å². The quantitative estimate of drug-likeness (QED) is 0.871. The molecule has 0 saturated carbocycles. The summed E-state index contributed by atoms with van der Waals surface area (Å²) in [5.41, 5.74) is -0.111. The van der Waals surface area contributed by atoms with E-state index in [1.165, 1.54) is 6.07 Å². The molecule has 1 aliphatic heterocycles. The number of hydrogen-bond donors (Lipinski definition) is 1. The van der Waals surface area contributed by atoms with Crippen LogP contribution in [0.25, 0.3) is 0 Å². The fourth-order valence-corrected chi connectivity index (χ4v) is 2.20. The molecule has 0 radical (unpaired) electrons. The van der Waals surface area contributed by atoms with Gasteiger partial charge in [-0.2, -0.15) is 13.2 Å². The van der Waals surface area contributed by atoms with Gasteiger partial charge in [0.2, 0.25) is 0 Å². The van der Waals surface area contributed by atoms with Crippen LogP contribution in [-0.2, 0) is 6.18 Å². The monoisotopic (exact) mass is 257 g/mol. The second-order valence-corrected chi connectivity index (χ2v) is 4.52. The summed E-state index contributed by atoms with van der Waals surface area (Å²) >= 11 is 0. The van der Waals surface area contributed by atoms with Gasteiger partial charge in [-0.25, -0.2) is 0 Å². The summed E-state index contributed by atoms with van der Waals surface area (Å²) < 4.78 is 37.7. The Morgan fingerprint density at radius 1 is 1.39 bits per heavy atom. The predicted molar refractivity (Wildman–Crippen MR) is 62.7 cm³/mol. The minimum atomic E-state index is -4.41. The lowest BCUT2D eigenvalue weighted by molar-refractivity contribution is -0.137. The van der Waals surface area contributed by atoms with E-state index in [9.17, 15) is 18.0 Å². The first kappa shape index (κ1) is 12.9. The molecule has 1 atom stereocenters. The van der Waals surface area contributed by atoms with Crippen molar-refractivity contribution < 1.29 is 18.0 Å². The Balaban J connectivity index is 2.32. The van der Waals surface area contributed by atoms with Gasteiger partial charge in [-0.3, -0.25) is 4.79 Å². The third-order valence-corrected chi connectivity index (χ3v) is 3.08. The van der Waals surface area contributed by atoms with Crippen LogP contribution in [0, 0.1) is 0 Å². The van der Waals surface area contributed by atoms with Crippen molar-refractivity contribution in [1.82, 2.24) is 0 Å². The highest BCUT2D eigenvalue weighted by Crippen LogP contribution is 2.34. The molecule has 18 heavy (non-hydrogen) atoms. The average Bonchev–Trinajstić information content (AvgIpc) is 2.27. The van der Waals surface area contributed by atoms with E-state index < -0.39 is 11.7 Å². The Morgan fingerprint density at radius 3 is 2.72 bits per heavy atom. The van der Waals surface area contributed by atoms with E-state index in [4.69, 9.17) is 0 Å². The van der Waals surface area contributed by atoms with Crippen molar-refractivity contribution in [3.05, 3.63) is 29.3 Å². The Kier molecular flexibility index (Phi) is 3.32. The minimum Gasteiger partial charge on any atom is -0.381 e. The van der Waals surface area contributed by atoms with E-state index in [0.717, 1.165) is 25.0 Å². The van der Waals surface area contributed by atoms with Crippen molar-refractivity contribution in [2.45, 2.75) is 38.4 Å². The molecule has 1 aromatic rings. The van der Waals surface area contributed by atoms with E-state index in [-0.39, 0.29) is 23.8 Å². The highest BCUT2D eigenvalue weighted by atomic mass is 19.4. The summed E-state index contributed by atoms with van der Waals surface area (Å²) in [6.07, 6.45) is -2.37. The molecule has 1 N–H and O–H groups in total. The van der Waals surface area contributed by atoms with Gasteiger partial charge in [0, 0.05) is 23.7 Å². The molecule has 0 unspecified atom stereocenters. The molecule has 0 spiro atoms. The van der Waals surface area contributed by atoms with Gasteiger partial charge >= 0.3 is 6.18 Å². The maximum absolute atomic E-state index is 12.6. The molecule has 1 aromatic carbocycles. The molecular weight excluding hydrogens is 243 g/mol. The minimum absolute atomic E-state index is 0.0340. The van der Waals surface area contributed by atoms with Crippen molar-refractivity contribution in [3.8, 4) is 0 Å². The standard InChI is InChI=1S/C13H14F3NO/c1-2-3-9-7-12(18)10-6-8(13(14,15)16)4-5-11(10)17-9/h4-6,9,17H,2-3,7H2,1H3/t9-/m1/s1. The molecule has 98 valence electrons. The first-order valence-corrected chi connectivity index (χ1v) is 5.92. The zero-order valence-corrected chi connectivity index (χ0v) is 9.97. The lowest BCUT2D eigenvalue weighted by Gasteiger charge is -2.26. The van der Waals surface area contributed by atoms with Crippen LogP contribution in [0.15, 0.2) is 18.2 Å². The topological polar surface area (TPSA) is 29.1 Å². The molecule has 0 saturated heterocycles. The van der Waals surface area contributed by atoms with Crippen LogP contribution >= 0.6 is 0 Å². The number of anilines is 1.